The van der Waals surface area contributed by atoms with E-state index in [0.717, 1.165) is 16.8 Å². The Morgan fingerprint density at radius 1 is 1.53 bits per heavy atom. The van der Waals surface area contributed by atoms with E-state index in [4.69, 9.17) is 5.73 Å². The third-order valence-corrected chi connectivity index (χ3v) is 2.26. The zero-order valence-electron chi connectivity index (χ0n) is 8.04. The van der Waals surface area contributed by atoms with Crippen LogP contribution in [0.1, 0.15) is 11.1 Å². The zero-order valence-corrected chi connectivity index (χ0v) is 8.04. The van der Waals surface area contributed by atoms with Crippen LogP contribution in [-0.4, -0.2) is 11.9 Å². The molecule has 1 aromatic carbocycles. The molecular formula is C10H11N3O2. The predicted octanol–water partition coefficient (Wildman–Crippen LogP) is 0.349. The summed E-state index contributed by atoms with van der Waals surface area (Å²) in [5.41, 5.74) is 7.70. The normalized spacial score (nSPS) is 13.2. The highest BCUT2D eigenvalue weighted by molar-refractivity contribution is 5.99. The quantitative estimate of drug-likeness (QED) is 0.650. The van der Waals surface area contributed by atoms with Crippen LogP contribution in [0.25, 0.3) is 0 Å². The monoisotopic (exact) mass is 205 g/mol. The van der Waals surface area contributed by atoms with Crippen molar-refractivity contribution in [3.8, 4) is 0 Å². The third-order valence-electron chi connectivity index (χ3n) is 2.26. The van der Waals surface area contributed by atoms with Crippen LogP contribution in [0.3, 0.4) is 0 Å². The van der Waals surface area contributed by atoms with E-state index in [1.165, 1.54) is 0 Å². The molecule has 2 rings (SSSR count). The summed E-state index contributed by atoms with van der Waals surface area (Å²) in [7, 11) is 0. The molecule has 1 heterocycles. The molecule has 3 amide bonds. The number of hydrogen-bond donors (Lipinski definition) is 3. The number of anilines is 1. The average Bonchev–Trinajstić information content (AvgIpc) is 2.53. The Bertz CT molecular complexity index is 429. The first-order chi connectivity index (χ1) is 7.15. The second-order valence-electron chi connectivity index (χ2n) is 3.43. The van der Waals surface area contributed by atoms with E-state index >= 15 is 0 Å². The van der Waals surface area contributed by atoms with Crippen LogP contribution in [0.4, 0.5) is 10.5 Å². The molecule has 0 aliphatic carbocycles. The fourth-order valence-electron chi connectivity index (χ4n) is 1.58. The SMILES string of the molecule is NC(=O)NCc1ccc2c(c1)CC(=O)N2. The summed E-state index contributed by atoms with van der Waals surface area (Å²) in [5, 5.41) is 5.24. The number of urea groups is 1. The molecule has 5 nitrogen and oxygen atoms in total. The Morgan fingerprint density at radius 2 is 2.33 bits per heavy atom. The number of nitrogens with two attached hydrogens (primary N) is 1. The molecule has 1 aromatic rings. The second kappa shape index (κ2) is 3.61. The Balaban J connectivity index is 2.13. The summed E-state index contributed by atoms with van der Waals surface area (Å²) in [4.78, 5) is 21.6. The topological polar surface area (TPSA) is 84.2 Å². The van der Waals surface area contributed by atoms with Gasteiger partial charge in [-0.2, -0.15) is 0 Å². The first kappa shape index (κ1) is 9.51. The Labute approximate surface area is 86.6 Å². The number of hydrogen-bond acceptors (Lipinski definition) is 2. The molecule has 0 bridgehead atoms. The van der Waals surface area contributed by atoms with Gasteiger partial charge < -0.3 is 16.4 Å². The number of nitrogens with one attached hydrogen (secondary N) is 2. The van der Waals surface area contributed by atoms with Gasteiger partial charge in [0.05, 0.1) is 6.42 Å². The largest absolute Gasteiger partial charge is 0.352 e. The van der Waals surface area contributed by atoms with Crippen LogP contribution in [0.2, 0.25) is 0 Å². The van der Waals surface area contributed by atoms with E-state index in [0.29, 0.717) is 13.0 Å². The first-order valence-electron chi connectivity index (χ1n) is 4.60. The van der Waals surface area contributed by atoms with E-state index < -0.39 is 6.03 Å². The van der Waals surface area contributed by atoms with Gasteiger partial charge in [0.15, 0.2) is 0 Å². The maximum atomic E-state index is 11.1. The lowest BCUT2D eigenvalue weighted by atomic mass is 10.1. The zero-order chi connectivity index (χ0) is 10.8. The van der Waals surface area contributed by atoms with Crippen molar-refractivity contribution in [2.75, 3.05) is 5.32 Å². The summed E-state index contributed by atoms with van der Waals surface area (Å²) in [6.45, 7) is 0.386. The van der Waals surface area contributed by atoms with Gasteiger partial charge in [-0.05, 0) is 17.2 Å². The fraction of sp³-hybridized carbons (Fsp3) is 0.200. The van der Waals surface area contributed by atoms with Gasteiger partial charge in [0.1, 0.15) is 0 Å². The Hall–Kier alpha value is -2.04. The van der Waals surface area contributed by atoms with Crippen LogP contribution < -0.4 is 16.4 Å². The number of benzene rings is 1. The number of carbonyl (C=O) groups excluding carboxylic acids is 2. The molecule has 15 heavy (non-hydrogen) atoms. The minimum Gasteiger partial charge on any atom is -0.352 e. The molecular weight excluding hydrogens is 194 g/mol. The highest BCUT2D eigenvalue weighted by Crippen LogP contribution is 2.23. The molecule has 0 radical (unpaired) electrons. The van der Waals surface area contributed by atoms with Gasteiger partial charge in [-0.3, -0.25) is 4.79 Å². The highest BCUT2D eigenvalue weighted by atomic mass is 16.2. The van der Waals surface area contributed by atoms with Crippen LogP contribution in [0.15, 0.2) is 18.2 Å². The Morgan fingerprint density at radius 3 is 3.07 bits per heavy atom. The smallest absolute Gasteiger partial charge is 0.312 e. The van der Waals surface area contributed by atoms with Gasteiger partial charge in [0.2, 0.25) is 5.91 Å². The summed E-state index contributed by atoms with van der Waals surface area (Å²) >= 11 is 0. The van der Waals surface area contributed by atoms with E-state index in [-0.39, 0.29) is 5.91 Å². The van der Waals surface area contributed by atoms with Crippen molar-refractivity contribution >= 4 is 17.6 Å². The van der Waals surface area contributed by atoms with Crippen molar-refractivity contribution in [2.45, 2.75) is 13.0 Å². The summed E-state index contributed by atoms with van der Waals surface area (Å²) in [6, 6.07) is 5.02. The molecule has 4 N–H and O–H groups in total. The highest BCUT2D eigenvalue weighted by Gasteiger charge is 2.17. The summed E-state index contributed by atoms with van der Waals surface area (Å²) in [6.07, 6.45) is 0.403. The predicted molar refractivity (Wildman–Crippen MR) is 55.2 cm³/mol. The van der Waals surface area contributed by atoms with Gasteiger partial charge in [-0.1, -0.05) is 12.1 Å². The van der Waals surface area contributed by atoms with Crippen molar-refractivity contribution < 1.29 is 9.59 Å². The van der Waals surface area contributed by atoms with Gasteiger partial charge in [-0.15, -0.1) is 0 Å². The number of amides is 3. The molecule has 0 fully saturated rings. The van der Waals surface area contributed by atoms with E-state index in [1.807, 2.05) is 18.2 Å². The molecule has 1 aliphatic heterocycles. The lowest BCUT2D eigenvalue weighted by Crippen LogP contribution is -2.28. The van der Waals surface area contributed by atoms with Gasteiger partial charge in [0, 0.05) is 12.2 Å². The summed E-state index contributed by atoms with van der Waals surface area (Å²) in [5.74, 6) is 0.00464. The Kier molecular flexibility index (Phi) is 2.29. The van der Waals surface area contributed by atoms with Gasteiger partial charge >= 0.3 is 6.03 Å². The molecule has 0 saturated carbocycles. The number of primary amides is 1. The van der Waals surface area contributed by atoms with Crippen molar-refractivity contribution in [3.63, 3.8) is 0 Å². The van der Waals surface area contributed by atoms with Crippen molar-refractivity contribution in [3.05, 3.63) is 29.3 Å². The lowest BCUT2D eigenvalue weighted by Gasteiger charge is -2.04. The van der Waals surface area contributed by atoms with E-state index in [9.17, 15) is 9.59 Å². The molecule has 0 aromatic heterocycles. The maximum absolute atomic E-state index is 11.1. The first-order valence-corrected chi connectivity index (χ1v) is 4.60. The van der Waals surface area contributed by atoms with Crippen molar-refractivity contribution in [1.29, 1.82) is 0 Å². The lowest BCUT2D eigenvalue weighted by molar-refractivity contribution is -0.115. The van der Waals surface area contributed by atoms with Gasteiger partial charge in [0.25, 0.3) is 0 Å². The van der Waals surface area contributed by atoms with Gasteiger partial charge in [-0.25, -0.2) is 4.79 Å². The third kappa shape index (κ3) is 2.07. The van der Waals surface area contributed by atoms with Crippen LogP contribution >= 0.6 is 0 Å². The van der Waals surface area contributed by atoms with E-state index in [1.54, 1.807) is 0 Å². The van der Waals surface area contributed by atoms with Crippen molar-refractivity contribution in [1.82, 2.24) is 5.32 Å². The second-order valence-corrected chi connectivity index (χ2v) is 3.43. The molecule has 0 spiro atoms. The maximum Gasteiger partial charge on any atom is 0.312 e. The molecule has 1 aliphatic rings. The van der Waals surface area contributed by atoms with E-state index in [2.05, 4.69) is 10.6 Å². The van der Waals surface area contributed by atoms with Crippen LogP contribution in [0.5, 0.6) is 0 Å². The number of carbonyl (C=O) groups is 2. The molecule has 0 atom stereocenters. The molecule has 0 saturated heterocycles. The molecule has 78 valence electrons. The summed E-state index contributed by atoms with van der Waals surface area (Å²) < 4.78 is 0. The van der Waals surface area contributed by atoms with Crippen LogP contribution in [0, 0.1) is 0 Å². The minimum atomic E-state index is -0.551. The number of fused-ring (bicyclic) bond motifs is 1. The molecule has 0 unspecified atom stereocenters. The number of rotatable bonds is 2. The van der Waals surface area contributed by atoms with Crippen LogP contribution in [-0.2, 0) is 17.8 Å². The van der Waals surface area contributed by atoms with Crippen molar-refractivity contribution in [2.24, 2.45) is 5.73 Å². The standard InChI is InChI=1S/C10H11N3O2/c11-10(15)12-5-6-1-2-8-7(3-6)4-9(14)13-8/h1-3H,4-5H2,(H,13,14)(H3,11,12,15). The average molecular weight is 205 g/mol. The minimum absolute atomic E-state index is 0.00464. The molecule has 5 heteroatoms. The fourth-order valence-corrected chi connectivity index (χ4v) is 1.58.